The summed E-state index contributed by atoms with van der Waals surface area (Å²) in [5.41, 5.74) is -2.77. The molecule has 0 N–H and O–H groups in total. The number of hydrogen-bond acceptors (Lipinski definition) is 2. The van der Waals surface area contributed by atoms with Crippen molar-refractivity contribution < 1.29 is 30.7 Å². The Morgan fingerprint density at radius 2 is 1.56 bits per heavy atom. The fourth-order valence-corrected chi connectivity index (χ4v) is 3.49. The predicted molar refractivity (Wildman–Crippen MR) is 89.1 cm³/mol. The van der Waals surface area contributed by atoms with Gasteiger partial charge >= 0.3 is 12.4 Å². The maximum absolute atomic E-state index is 13.2. The van der Waals surface area contributed by atoms with Gasteiger partial charge in [-0.25, -0.2) is 9.38 Å². The number of allylic oxidation sites excluding steroid dienone is 3. The van der Waals surface area contributed by atoms with E-state index in [1.165, 1.54) is 12.1 Å². The van der Waals surface area contributed by atoms with Gasteiger partial charge in [-0.15, -0.1) is 11.3 Å². The Kier molecular flexibility index (Phi) is 4.75. The molecule has 0 atom stereocenters. The van der Waals surface area contributed by atoms with Crippen molar-refractivity contribution in [3.63, 3.8) is 0 Å². The molecular weight excluding hydrogens is 395 g/mol. The summed E-state index contributed by atoms with van der Waals surface area (Å²) in [5.74, 6) is -0.579. The molecule has 3 rings (SSSR count). The van der Waals surface area contributed by atoms with Crippen LogP contribution in [0.25, 0.3) is 5.57 Å². The van der Waals surface area contributed by atoms with E-state index in [9.17, 15) is 30.7 Å². The summed E-state index contributed by atoms with van der Waals surface area (Å²) < 4.78 is 91.5. The van der Waals surface area contributed by atoms with Crippen molar-refractivity contribution in [3.8, 4) is 0 Å². The zero-order valence-electron chi connectivity index (χ0n) is 13.5. The second kappa shape index (κ2) is 6.63. The fraction of sp³-hybridized carbons (Fsp3) is 0.167. The molecule has 0 saturated carbocycles. The molecule has 1 aliphatic heterocycles. The molecule has 9 heteroatoms. The van der Waals surface area contributed by atoms with Gasteiger partial charge < -0.3 is 0 Å². The van der Waals surface area contributed by atoms with E-state index in [0.29, 0.717) is 4.88 Å². The van der Waals surface area contributed by atoms with Crippen LogP contribution in [0.15, 0.2) is 58.1 Å². The minimum atomic E-state index is -5.62. The molecule has 1 aromatic heterocycles. The Morgan fingerprint density at radius 1 is 0.963 bits per heavy atom. The van der Waals surface area contributed by atoms with Gasteiger partial charge in [-0.3, -0.25) is 0 Å². The first-order valence-corrected chi connectivity index (χ1v) is 8.35. The first-order valence-electron chi connectivity index (χ1n) is 7.47. The normalized spacial score (nSPS) is 15.0. The third kappa shape index (κ3) is 3.97. The minimum Gasteiger partial charge on any atom is -0.246 e. The number of aliphatic imine (C=N–C) groups is 1. The van der Waals surface area contributed by atoms with Crippen LogP contribution >= 0.6 is 11.3 Å². The van der Waals surface area contributed by atoms with Gasteiger partial charge in [0.2, 0.25) is 0 Å². The molecule has 0 spiro atoms. The molecule has 0 aliphatic carbocycles. The summed E-state index contributed by atoms with van der Waals surface area (Å²) in [6.07, 6.45) is -10.5. The van der Waals surface area contributed by atoms with Crippen molar-refractivity contribution in [2.75, 3.05) is 0 Å². The smallest absolute Gasteiger partial charge is 0.246 e. The fourth-order valence-electron chi connectivity index (χ4n) is 2.59. The van der Waals surface area contributed by atoms with Gasteiger partial charge in [-0.05, 0) is 47.7 Å². The van der Waals surface area contributed by atoms with E-state index >= 15 is 0 Å². The Bertz CT molecular complexity index is 941. The lowest BCUT2D eigenvalue weighted by Gasteiger charge is -2.15. The zero-order chi connectivity index (χ0) is 20.0. The average molecular weight is 405 g/mol. The quantitative estimate of drug-likeness (QED) is 0.509. The summed E-state index contributed by atoms with van der Waals surface area (Å²) in [5, 5.41) is 1.70. The Labute approximate surface area is 153 Å². The SMILES string of the molecule is Cc1csc(C2=NC(=C(C(F)(F)F)C(F)(F)F)C=C2c2ccc(F)cc2)c1. The minimum absolute atomic E-state index is 0.0132. The van der Waals surface area contributed by atoms with Gasteiger partial charge in [-0.1, -0.05) is 12.1 Å². The molecule has 1 aliphatic rings. The third-order valence-corrected chi connectivity index (χ3v) is 4.77. The molecule has 1 nitrogen and oxygen atoms in total. The van der Waals surface area contributed by atoms with Crippen LogP contribution in [0.4, 0.5) is 30.7 Å². The summed E-state index contributed by atoms with van der Waals surface area (Å²) in [7, 11) is 0. The van der Waals surface area contributed by atoms with Gasteiger partial charge in [0, 0.05) is 5.57 Å². The predicted octanol–water partition coefficient (Wildman–Crippen LogP) is 6.46. The highest BCUT2D eigenvalue weighted by Gasteiger charge is 2.53. The lowest BCUT2D eigenvalue weighted by Crippen LogP contribution is -2.27. The second-order valence-corrected chi connectivity index (χ2v) is 6.68. The molecular formula is C18H10F7NS. The molecule has 142 valence electrons. The first kappa shape index (κ1) is 19.3. The van der Waals surface area contributed by atoms with Gasteiger partial charge in [-0.2, -0.15) is 26.3 Å². The number of hydrogen-bond donors (Lipinski definition) is 0. The topological polar surface area (TPSA) is 12.4 Å². The van der Waals surface area contributed by atoms with Crippen LogP contribution in [0.5, 0.6) is 0 Å². The molecule has 0 unspecified atom stereocenters. The second-order valence-electron chi connectivity index (χ2n) is 5.77. The third-order valence-electron chi connectivity index (χ3n) is 3.71. The van der Waals surface area contributed by atoms with E-state index in [1.807, 2.05) is 0 Å². The molecule has 27 heavy (non-hydrogen) atoms. The average Bonchev–Trinajstić information content (AvgIpc) is 3.11. The van der Waals surface area contributed by atoms with Crippen molar-refractivity contribution in [3.05, 3.63) is 74.9 Å². The van der Waals surface area contributed by atoms with Crippen molar-refractivity contribution in [2.24, 2.45) is 4.99 Å². The van der Waals surface area contributed by atoms with Crippen LogP contribution in [0.2, 0.25) is 0 Å². The van der Waals surface area contributed by atoms with Gasteiger partial charge in [0.15, 0.2) is 5.57 Å². The molecule has 2 heterocycles. The van der Waals surface area contributed by atoms with Crippen LogP contribution in [0.3, 0.4) is 0 Å². The molecule has 2 aromatic rings. The van der Waals surface area contributed by atoms with E-state index in [2.05, 4.69) is 4.99 Å². The molecule has 0 amide bonds. The molecule has 0 radical (unpaired) electrons. The van der Waals surface area contributed by atoms with E-state index < -0.39 is 29.4 Å². The van der Waals surface area contributed by atoms with E-state index in [-0.39, 0.29) is 16.8 Å². The highest BCUT2D eigenvalue weighted by molar-refractivity contribution is 7.12. The van der Waals surface area contributed by atoms with Crippen LogP contribution in [-0.2, 0) is 0 Å². The molecule has 0 saturated heterocycles. The molecule has 1 aromatic carbocycles. The number of aryl methyl sites for hydroxylation is 1. The largest absolute Gasteiger partial charge is 0.423 e. The summed E-state index contributed by atoms with van der Waals surface area (Å²) in [6.45, 7) is 1.74. The number of thiophene rings is 1. The number of nitrogens with zero attached hydrogens (tertiary/aromatic N) is 1. The van der Waals surface area contributed by atoms with Crippen LogP contribution in [0.1, 0.15) is 16.0 Å². The molecule has 0 fully saturated rings. The monoisotopic (exact) mass is 405 g/mol. The van der Waals surface area contributed by atoms with Gasteiger partial charge in [0.1, 0.15) is 5.82 Å². The van der Waals surface area contributed by atoms with Gasteiger partial charge in [0.05, 0.1) is 16.3 Å². The summed E-state index contributed by atoms with van der Waals surface area (Å²) in [6, 6.07) is 6.32. The Morgan fingerprint density at radius 3 is 2.04 bits per heavy atom. The standard InChI is InChI=1S/C18H10F7NS/c1-9-6-14(27-8-9)15-12(10-2-4-11(19)5-3-10)7-13(26-15)16(17(20,21)22)18(23,24)25/h2-8H,1H3. The van der Waals surface area contributed by atoms with E-state index in [0.717, 1.165) is 35.1 Å². The van der Waals surface area contributed by atoms with E-state index in [1.54, 1.807) is 18.4 Å². The first-order chi connectivity index (χ1) is 12.5. The van der Waals surface area contributed by atoms with E-state index in [4.69, 9.17) is 0 Å². The van der Waals surface area contributed by atoms with Crippen molar-refractivity contribution in [1.82, 2.24) is 0 Å². The van der Waals surface area contributed by atoms with Crippen LogP contribution in [-0.4, -0.2) is 18.1 Å². The summed E-state index contributed by atoms with van der Waals surface area (Å²) >= 11 is 1.15. The Hall–Kier alpha value is -2.42. The van der Waals surface area contributed by atoms with Gasteiger partial charge in [0.25, 0.3) is 0 Å². The van der Waals surface area contributed by atoms with Crippen molar-refractivity contribution >= 4 is 22.6 Å². The van der Waals surface area contributed by atoms with Crippen LogP contribution in [0, 0.1) is 12.7 Å². The van der Waals surface area contributed by atoms with Crippen molar-refractivity contribution in [1.29, 1.82) is 0 Å². The number of alkyl halides is 6. The lowest BCUT2D eigenvalue weighted by molar-refractivity contribution is -0.172. The maximum atomic E-state index is 13.2. The maximum Gasteiger partial charge on any atom is 0.423 e. The van der Waals surface area contributed by atoms with Crippen LogP contribution < -0.4 is 0 Å². The lowest BCUT2D eigenvalue weighted by atomic mass is 10.00. The number of rotatable bonds is 2. The number of benzene rings is 1. The highest BCUT2D eigenvalue weighted by Crippen LogP contribution is 2.44. The molecule has 0 bridgehead atoms. The highest BCUT2D eigenvalue weighted by atomic mass is 32.1. The zero-order valence-corrected chi connectivity index (χ0v) is 14.4. The number of halogens is 7. The summed E-state index contributed by atoms with van der Waals surface area (Å²) in [4.78, 5) is 4.08. The Balaban J connectivity index is 2.26. The van der Waals surface area contributed by atoms with Crippen molar-refractivity contribution in [2.45, 2.75) is 19.3 Å².